The molecule has 3 amide bonds. The lowest BCUT2D eigenvalue weighted by molar-refractivity contribution is -0.148. The zero-order chi connectivity index (χ0) is 30.9. The van der Waals surface area contributed by atoms with Gasteiger partial charge in [-0.3, -0.25) is 19.3 Å². The number of unbranched alkanes of at least 4 members (excludes halogenated alkanes) is 2. The number of carbonyl (C=O) groups excluding carboxylic acids is 3. The lowest BCUT2D eigenvalue weighted by Crippen LogP contribution is -2.47. The minimum Gasteiger partial charge on any atom is -0.478 e. The predicted octanol–water partition coefficient (Wildman–Crippen LogP) is 1.48. The second kappa shape index (κ2) is 14.2. The molecule has 1 atom stereocenters. The highest BCUT2D eigenvalue weighted by Gasteiger charge is 2.31. The third-order valence-corrected chi connectivity index (χ3v) is 7.07. The van der Waals surface area contributed by atoms with Crippen LogP contribution in [0.4, 0.5) is 11.4 Å². The third kappa shape index (κ3) is 8.71. The Hall–Kier alpha value is -4.56. The fourth-order valence-corrected chi connectivity index (χ4v) is 4.93. The maximum absolute atomic E-state index is 13.0. The van der Waals surface area contributed by atoms with Crippen LogP contribution in [0.2, 0.25) is 0 Å². The number of hydrogen-bond acceptors (Lipinski definition) is 8. The van der Waals surface area contributed by atoms with Crippen molar-refractivity contribution in [1.29, 1.82) is 0 Å². The molecular formula is C27H32N4O9S. The molecule has 2 aromatic rings. The molecular weight excluding hydrogens is 556 g/mol. The Bertz CT molecular complexity index is 1470. The molecule has 0 saturated carbocycles. The van der Waals surface area contributed by atoms with E-state index >= 15 is 0 Å². The smallest absolute Gasteiger partial charge is 0.395 e. The lowest BCUT2D eigenvalue weighted by Gasteiger charge is -2.26. The van der Waals surface area contributed by atoms with Gasteiger partial charge < -0.3 is 21.7 Å². The van der Waals surface area contributed by atoms with Gasteiger partial charge in [-0.1, -0.05) is 38.0 Å². The van der Waals surface area contributed by atoms with E-state index in [-0.39, 0.29) is 35.5 Å². The molecule has 0 radical (unpaired) electrons. The number of carboxylic acid groups (broad SMARTS) is 2. The summed E-state index contributed by atoms with van der Waals surface area (Å²) in [6.07, 6.45) is 4.87. The monoisotopic (exact) mass is 588 g/mol. The highest BCUT2D eigenvalue weighted by molar-refractivity contribution is 7.88. The Balaban J connectivity index is 2.61. The molecule has 0 spiro atoms. The average molecular weight is 589 g/mol. The second-order valence-electron chi connectivity index (χ2n) is 9.09. The summed E-state index contributed by atoms with van der Waals surface area (Å²) in [6.45, 7) is 1.90. The molecule has 2 rings (SSSR count). The predicted molar refractivity (Wildman–Crippen MR) is 151 cm³/mol. The Morgan fingerprint density at radius 2 is 1.66 bits per heavy atom. The van der Waals surface area contributed by atoms with Crippen LogP contribution in [0, 0.1) is 0 Å². The fraction of sp³-hybridized carbons (Fsp3) is 0.296. The molecule has 0 fully saturated rings. The van der Waals surface area contributed by atoms with Crippen molar-refractivity contribution in [2.45, 2.75) is 38.6 Å². The van der Waals surface area contributed by atoms with Crippen LogP contribution in [0.15, 0.2) is 48.5 Å². The number of benzene rings is 2. The van der Waals surface area contributed by atoms with E-state index in [1.54, 1.807) is 0 Å². The van der Waals surface area contributed by atoms with E-state index in [2.05, 4.69) is 0 Å². The SMILES string of the molecule is CCCCCN(C(=O)[C@@H](N)Cc1ccc(N(C(=O)C(=O)O)c2ccccc2C(=O)O)c(C=CC(N)=O)c1)S(C)(=O)=O. The topological polar surface area (TPSA) is 218 Å². The number of sulfonamides is 1. The zero-order valence-corrected chi connectivity index (χ0v) is 23.3. The molecule has 2 aromatic carbocycles. The minimum absolute atomic E-state index is 0.0278. The molecule has 13 nitrogen and oxygen atoms in total. The van der Waals surface area contributed by atoms with Crippen LogP contribution in [0.3, 0.4) is 0 Å². The molecule has 220 valence electrons. The largest absolute Gasteiger partial charge is 0.478 e. The first-order valence-electron chi connectivity index (χ1n) is 12.5. The Kier molecular flexibility index (Phi) is 11.3. The number of nitrogens with two attached hydrogens (primary N) is 2. The van der Waals surface area contributed by atoms with E-state index in [1.165, 1.54) is 48.5 Å². The van der Waals surface area contributed by atoms with Crippen molar-refractivity contribution in [2.75, 3.05) is 17.7 Å². The molecule has 0 heterocycles. The van der Waals surface area contributed by atoms with Crippen LogP contribution < -0.4 is 16.4 Å². The Morgan fingerprint density at radius 1 is 1.00 bits per heavy atom. The van der Waals surface area contributed by atoms with Crippen LogP contribution >= 0.6 is 0 Å². The van der Waals surface area contributed by atoms with E-state index in [4.69, 9.17) is 11.5 Å². The van der Waals surface area contributed by atoms with Crippen LogP contribution in [0.5, 0.6) is 0 Å². The van der Waals surface area contributed by atoms with Gasteiger partial charge in [-0.05, 0) is 54.3 Å². The number of carbonyl (C=O) groups is 5. The summed E-state index contributed by atoms with van der Waals surface area (Å²) in [7, 11) is -3.89. The number of anilines is 2. The van der Waals surface area contributed by atoms with Crippen LogP contribution in [0.25, 0.3) is 6.08 Å². The Labute approximate surface area is 237 Å². The quantitative estimate of drug-likeness (QED) is 0.150. The van der Waals surface area contributed by atoms with E-state index < -0.39 is 45.7 Å². The molecule has 6 N–H and O–H groups in total. The van der Waals surface area contributed by atoms with Gasteiger partial charge in [-0.2, -0.15) is 0 Å². The van der Waals surface area contributed by atoms with Gasteiger partial charge in [0.05, 0.1) is 29.2 Å². The molecule has 0 saturated heterocycles. The number of primary amides is 1. The molecule has 0 aliphatic heterocycles. The second-order valence-corrected chi connectivity index (χ2v) is 11.0. The highest BCUT2D eigenvalue weighted by atomic mass is 32.2. The first-order valence-corrected chi connectivity index (χ1v) is 14.3. The molecule has 0 aromatic heterocycles. The van der Waals surface area contributed by atoms with Gasteiger partial charge in [0.25, 0.3) is 5.91 Å². The van der Waals surface area contributed by atoms with E-state index in [1.807, 2.05) is 6.92 Å². The van der Waals surface area contributed by atoms with Gasteiger partial charge in [0.2, 0.25) is 15.9 Å². The van der Waals surface area contributed by atoms with Crippen molar-refractivity contribution in [1.82, 2.24) is 4.31 Å². The number of aromatic carboxylic acids is 1. The van der Waals surface area contributed by atoms with Crippen molar-refractivity contribution in [3.8, 4) is 0 Å². The number of nitrogens with zero attached hydrogens (tertiary/aromatic N) is 2. The van der Waals surface area contributed by atoms with Crippen molar-refractivity contribution >= 4 is 57.1 Å². The standard InChI is InChI=1S/C27H32N4O9S/c1-3-4-7-14-30(41(2,39)40)24(33)20(28)16-17-10-12-21(18(15-17)11-13-23(29)32)31(25(34)27(37)38)22-9-6-5-8-19(22)26(35)36/h5-6,8-13,15,20H,3-4,7,14,16,28H2,1-2H3,(H2,29,32)(H,35,36)(H,37,38)/t20-/m0/s1. The summed E-state index contributed by atoms with van der Waals surface area (Å²) in [6, 6.07) is 8.06. The molecule has 0 bridgehead atoms. The maximum Gasteiger partial charge on any atom is 0.395 e. The maximum atomic E-state index is 13.0. The fourth-order valence-electron chi connectivity index (χ4n) is 4.00. The molecule has 41 heavy (non-hydrogen) atoms. The average Bonchev–Trinajstić information content (AvgIpc) is 2.89. The van der Waals surface area contributed by atoms with Gasteiger partial charge in [0.1, 0.15) is 0 Å². The van der Waals surface area contributed by atoms with E-state index in [0.29, 0.717) is 23.3 Å². The summed E-state index contributed by atoms with van der Waals surface area (Å²) in [5.74, 6) is -6.47. The van der Waals surface area contributed by atoms with Crippen molar-refractivity contribution in [3.05, 3.63) is 65.2 Å². The lowest BCUT2D eigenvalue weighted by atomic mass is 10.00. The first-order chi connectivity index (χ1) is 19.2. The molecule has 14 heteroatoms. The van der Waals surface area contributed by atoms with Gasteiger partial charge in [0, 0.05) is 12.6 Å². The van der Waals surface area contributed by atoms with Gasteiger partial charge in [-0.25, -0.2) is 22.3 Å². The van der Waals surface area contributed by atoms with Crippen molar-refractivity contribution in [2.24, 2.45) is 11.5 Å². The molecule has 0 aliphatic carbocycles. The van der Waals surface area contributed by atoms with Gasteiger partial charge in [-0.15, -0.1) is 0 Å². The van der Waals surface area contributed by atoms with Gasteiger partial charge >= 0.3 is 17.8 Å². The van der Waals surface area contributed by atoms with E-state index in [0.717, 1.165) is 23.1 Å². The van der Waals surface area contributed by atoms with Crippen LogP contribution in [-0.4, -0.2) is 71.4 Å². The van der Waals surface area contributed by atoms with Crippen molar-refractivity contribution in [3.63, 3.8) is 0 Å². The zero-order valence-electron chi connectivity index (χ0n) is 22.5. The summed E-state index contributed by atoms with van der Waals surface area (Å²) >= 11 is 0. The summed E-state index contributed by atoms with van der Waals surface area (Å²) in [5.41, 5.74) is 11.0. The number of carboxylic acids is 2. The number of hydrogen-bond donors (Lipinski definition) is 4. The summed E-state index contributed by atoms with van der Waals surface area (Å²) in [4.78, 5) is 61.6. The number of rotatable bonds is 13. The summed E-state index contributed by atoms with van der Waals surface area (Å²) in [5, 5.41) is 19.1. The molecule has 0 unspecified atom stereocenters. The number of aliphatic carboxylic acids is 1. The number of para-hydroxylation sites is 1. The normalized spacial score (nSPS) is 12.1. The first kappa shape index (κ1) is 32.7. The van der Waals surface area contributed by atoms with Crippen LogP contribution in [0.1, 0.15) is 47.7 Å². The van der Waals surface area contributed by atoms with Crippen molar-refractivity contribution < 1.29 is 42.6 Å². The molecule has 0 aliphatic rings. The summed E-state index contributed by atoms with van der Waals surface area (Å²) < 4.78 is 25.2. The minimum atomic E-state index is -3.89. The Morgan fingerprint density at radius 3 is 2.22 bits per heavy atom. The third-order valence-electron chi connectivity index (χ3n) is 5.91. The van der Waals surface area contributed by atoms with Gasteiger partial charge in [0.15, 0.2) is 0 Å². The number of amides is 3. The van der Waals surface area contributed by atoms with E-state index in [9.17, 15) is 42.6 Å². The highest BCUT2D eigenvalue weighted by Crippen LogP contribution is 2.33. The van der Waals surface area contributed by atoms with Crippen LogP contribution in [-0.2, 0) is 35.6 Å².